The van der Waals surface area contributed by atoms with Crippen LogP contribution in [0.15, 0.2) is 91.1 Å². The molecule has 0 aliphatic carbocycles. The number of fused-ring (bicyclic) bond motifs is 2. The summed E-state index contributed by atoms with van der Waals surface area (Å²) >= 11 is 0. The minimum absolute atomic E-state index is 0.177. The van der Waals surface area contributed by atoms with Crippen LogP contribution >= 0.6 is 0 Å². The summed E-state index contributed by atoms with van der Waals surface area (Å²) in [5.74, 6) is -1.23. The number of hydrogen-bond acceptors (Lipinski definition) is 5. The van der Waals surface area contributed by atoms with Crippen LogP contribution in [0.3, 0.4) is 0 Å². The van der Waals surface area contributed by atoms with E-state index in [1.165, 1.54) is 4.90 Å². The molecule has 5 amide bonds. The molecular weight excluding hydrogens is 606 g/mol. The number of aromatic amines is 1. The number of alkyl carbamates (subject to hydrolysis) is 1. The Hall–Kier alpha value is -5.12. The molecule has 3 heterocycles. The predicted molar refractivity (Wildman–Crippen MR) is 183 cm³/mol. The average molecular weight is 650 g/mol. The number of benzene rings is 3. The molecule has 6 rings (SSSR count). The number of carbonyl (C=O) groups is 4. The first-order chi connectivity index (χ1) is 23.1. The van der Waals surface area contributed by atoms with E-state index in [0.29, 0.717) is 25.8 Å². The molecule has 1 aromatic heterocycles. The van der Waals surface area contributed by atoms with Gasteiger partial charge in [0.2, 0.25) is 11.8 Å². The number of ether oxygens (including phenoxy) is 1. The predicted octanol–water partition coefficient (Wildman–Crippen LogP) is 5.57. The summed E-state index contributed by atoms with van der Waals surface area (Å²) in [6.45, 7) is 5.96. The Morgan fingerprint density at radius 1 is 0.938 bits per heavy atom. The summed E-state index contributed by atoms with van der Waals surface area (Å²) in [7, 11) is 0. The number of carbonyl (C=O) groups excluding carboxylic acids is 4. The third kappa shape index (κ3) is 7.38. The van der Waals surface area contributed by atoms with Crippen LogP contribution in [-0.2, 0) is 33.7 Å². The van der Waals surface area contributed by atoms with E-state index in [4.69, 9.17) is 4.74 Å². The molecule has 48 heavy (non-hydrogen) atoms. The Bertz CT molecular complexity index is 1770. The third-order valence-electron chi connectivity index (χ3n) is 9.07. The van der Waals surface area contributed by atoms with Gasteiger partial charge < -0.3 is 25.3 Å². The van der Waals surface area contributed by atoms with Crippen LogP contribution in [-0.4, -0.2) is 69.0 Å². The van der Waals surface area contributed by atoms with Gasteiger partial charge in [-0.2, -0.15) is 0 Å². The lowest BCUT2D eigenvalue weighted by Crippen LogP contribution is -2.70. The van der Waals surface area contributed by atoms with E-state index in [0.717, 1.165) is 27.6 Å². The summed E-state index contributed by atoms with van der Waals surface area (Å²) in [5.41, 5.74) is 2.88. The van der Waals surface area contributed by atoms with Crippen molar-refractivity contribution in [3.8, 4) is 0 Å². The van der Waals surface area contributed by atoms with Crippen molar-refractivity contribution >= 4 is 34.8 Å². The quantitative estimate of drug-likeness (QED) is 0.219. The summed E-state index contributed by atoms with van der Waals surface area (Å²) in [4.78, 5) is 61.8. The van der Waals surface area contributed by atoms with Gasteiger partial charge in [-0.1, -0.05) is 78.9 Å². The van der Waals surface area contributed by atoms with Crippen LogP contribution < -0.4 is 10.6 Å². The summed E-state index contributed by atoms with van der Waals surface area (Å²) in [5, 5.41) is 6.94. The zero-order chi connectivity index (χ0) is 33.8. The molecule has 0 spiro atoms. The smallest absolute Gasteiger partial charge is 0.408 e. The molecule has 250 valence electrons. The largest absolute Gasteiger partial charge is 0.444 e. The molecule has 3 aromatic carbocycles. The van der Waals surface area contributed by atoms with Gasteiger partial charge in [-0.3, -0.25) is 14.5 Å². The van der Waals surface area contributed by atoms with Crippen molar-refractivity contribution in [3.63, 3.8) is 0 Å². The Morgan fingerprint density at radius 3 is 2.31 bits per heavy atom. The molecule has 2 saturated heterocycles. The van der Waals surface area contributed by atoms with Crippen molar-refractivity contribution in [2.45, 2.75) is 76.7 Å². The number of nitrogens with one attached hydrogen (secondary N) is 3. The molecule has 0 unspecified atom stereocenters. The summed E-state index contributed by atoms with van der Waals surface area (Å²) < 4.78 is 5.53. The van der Waals surface area contributed by atoms with Crippen molar-refractivity contribution in [2.24, 2.45) is 5.92 Å². The lowest BCUT2D eigenvalue weighted by Gasteiger charge is -2.50. The Kier molecular flexibility index (Phi) is 9.52. The van der Waals surface area contributed by atoms with Crippen LogP contribution in [0.2, 0.25) is 0 Å². The number of aromatic nitrogens is 1. The number of urea groups is 1. The molecule has 2 aliphatic heterocycles. The van der Waals surface area contributed by atoms with E-state index in [1.54, 1.807) is 25.7 Å². The van der Waals surface area contributed by atoms with Gasteiger partial charge in [0.05, 0.1) is 24.5 Å². The van der Waals surface area contributed by atoms with E-state index < -0.39 is 41.6 Å². The summed E-state index contributed by atoms with van der Waals surface area (Å²) in [6.07, 6.45) is 3.02. The molecule has 3 N–H and O–H groups in total. The van der Waals surface area contributed by atoms with Crippen LogP contribution in [0.1, 0.15) is 50.3 Å². The molecule has 4 atom stereocenters. The fourth-order valence-electron chi connectivity index (χ4n) is 6.94. The van der Waals surface area contributed by atoms with Gasteiger partial charge >= 0.3 is 12.1 Å². The highest BCUT2D eigenvalue weighted by Crippen LogP contribution is 2.34. The molecule has 0 radical (unpaired) electrons. The second-order valence-electron chi connectivity index (χ2n) is 13.7. The van der Waals surface area contributed by atoms with E-state index in [2.05, 4.69) is 15.6 Å². The number of imide groups is 1. The third-order valence-corrected chi connectivity index (χ3v) is 9.07. The monoisotopic (exact) mass is 649 g/mol. The molecule has 2 aliphatic rings. The Balaban J connectivity index is 1.29. The Morgan fingerprint density at radius 2 is 1.60 bits per heavy atom. The van der Waals surface area contributed by atoms with Crippen LogP contribution in [0, 0.1) is 5.92 Å². The van der Waals surface area contributed by atoms with E-state index in [1.807, 2.05) is 91.1 Å². The fraction of sp³-hybridized carbons (Fsp3) is 0.368. The fourth-order valence-corrected chi connectivity index (χ4v) is 6.94. The normalized spacial score (nSPS) is 20.3. The minimum atomic E-state index is -0.966. The number of rotatable bonds is 9. The molecule has 2 fully saturated rings. The van der Waals surface area contributed by atoms with E-state index >= 15 is 0 Å². The molecular formula is C38H43N5O5. The van der Waals surface area contributed by atoms with Crippen LogP contribution in [0.5, 0.6) is 0 Å². The first-order valence-corrected chi connectivity index (χ1v) is 16.6. The maximum atomic E-state index is 14.3. The Labute approximate surface area is 280 Å². The van der Waals surface area contributed by atoms with E-state index in [-0.39, 0.29) is 24.9 Å². The van der Waals surface area contributed by atoms with E-state index in [9.17, 15) is 19.2 Å². The molecule has 10 heteroatoms. The average Bonchev–Trinajstić information content (AvgIpc) is 3.47. The van der Waals surface area contributed by atoms with Gasteiger partial charge in [0, 0.05) is 30.1 Å². The van der Waals surface area contributed by atoms with Gasteiger partial charge in [-0.05, 0) is 62.8 Å². The maximum Gasteiger partial charge on any atom is 0.408 e. The highest BCUT2D eigenvalue weighted by atomic mass is 16.6. The first-order valence-electron chi connectivity index (χ1n) is 16.6. The lowest BCUT2D eigenvalue weighted by atomic mass is 9.80. The lowest BCUT2D eigenvalue weighted by molar-refractivity contribution is -0.142. The maximum absolute atomic E-state index is 14.3. The number of H-pyrrole nitrogens is 1. The number of amides is 5. The highest BCUT2D eigenvalue weighted by molar-refractivity contribution is 5.99. The van der Waals surface area contributed by atoms with Crippen molar-refractivity contribution in [2.75, 3.05) is 6.54 Å². The number of piperidine rings is 1. The molecule has 10 nitrogen and oxygen atoms in total. The number of hydrogen-bond donors (Lipinski definition) is 3. The first kappa shape index (κ1) is 32.8. The van der Waals surface area contributed by atoms with Gasteiger partial charge in [-0.25, -0.2) is 9.59 Å². The zero-order valence-electron chi connectivity index (χ0n) is 27.6. The zero-order valence-corrected chi connectivity index (χ0v) is 27.6. The second kappa shape index (κ2) is 13.9. The van der Waals surface area contributed by atoms with Crippen molar-refractivity contribution in [1.29, 1.82) is 0 Å². The van der Waals surface area contributed by atoms with Crippen LogP contribution in [0.25, 0.3) is 10.9 Å². The minimum Gasteiger partial charge on any atom is -0.444 e. The number of nitrogens with zero attached hydrogens (tertiary/aromatic N) is 2. The molecule has 4 aromatic rings. The van der Waals surface area contributed by atoms with Crippen LogP contribution in [0.4, 0.5) is 9.59 Å². The van der Waals surface area contributed by atoms with Crippen molar-refractivity contribution < 1.29 is 23.9 Å². The van der Waals surface area contributed by atoms with Gasteiger partial charge in [-0.15, -0.1) is 0 Å². The highest BCUT2D eigenvalue weighted by Gasteiger charge is 2.51. The van der Waals surface area contributed by atoms with Gasteiger partial charge in [0.15, 0.2) is 0 Å². The molecule has 0 saturated carbocycles. The van der Waals surface area contributed by atoms with Gasteiger partial charge in [0.25, 0.3) is 0 Å². The second-order valence-corrected chi connectivity index (χ2v) is 13.7. The van der Waals surface area contributed by atoms with Gasteiger partial charge in [0.1, 0.15) is 11.6 Å². The topological polar surface area (TPSA) is 124 Å². The SMILES string of the molecule is CC(C)(C)OC(=O)N[C@@H](Cc1c[nH]c2ccccc12)C(=O)N[C@@H]1CCCN2C(=O)N(Cc3ccccc3)C(=O)[C@H](Cc3ccccc3)[C@@H]12. The molecule has 0 bridgehead atoms. The number of para-hydroxylation sites is 1. The van der Waals surface area contributed by atoms with Crippen molar-refractivity contribution in [3.05, 3.63) is 108 Å². The van der Waals surface area contributed by atoms with Crippen molar-refractivity contribution in [1.82, 2.24) is 25.4 Å². The standard InChI is InChI=1S/C38H43N5O5/c1-38(2,3)48-36(46)41-32(22-27-23-39-30-18-11-10-17-28(27)30)34(44)40-31-19-12-20-42-33(31)29(21-25-13-6-4-7-14-25)35(45)43(37(42)47)24-26-15-8-5-9-16-26/h4-11,13-18,23,29,31-33,39H,12,19-22,24H2,1-3H3,(H,40,44)(H,41,46)/t29-,31-,32+,33+/m1/s1. The summed E-state index contributed by atoms with van der Waals surface area (Å²) in [6, 6.07) is 24.7.